The lowest BCUT2D eigenvalue weighted by Gasteiger charge is -2.40. The minimum absolute atomic E-state index is 0.165. The highest BCUT2D eigenvalue weighted by atomic mass is 32.1. The molecule has 0 amide bonds. The van der Waals surface area contributed by atoms with Gasteiger partial charge in [0.05, 0.1) is 10.7 Å². The van der Waals surface area contributed by atoms with Crippen LogP contribution < -0.4 is 5.32 Å². The lowest BCUT2D eigenvalue weighted by atomic mass is 9.69. The molecular formula is C17H30N2S. The van der Waals surface area contributed by atoms with Crippen LogP contribution in [-0.4, -0.2) is 18.1 Å². The zero-order valence-corrected chi connectivity index (χ0v) is 14.6. The van der Waals surface area contributed by atoms with E-state index in [0.29, 0.717) is 11.5 Å². The molecule has 0 aliphatic heterocycles. The molecule has 114 valence electrons. The molecule has 0 radical (unpaired) electrons. The van der Waals surface area contributed by atoms with Gasteiger partial charge >= 0.3 is 0 Å². The Balaban J connectivity index is 2.08. The van der Waals surface area contributed by atoms with Gasteiger partial charge in [0, 0.05) is 23.3 Å². The van der Waals surface area contributed by atoms with Gasteiger partial charge in [0.25, 0.3) is 0 Å². The maximum atomic E-state index is 4.87. The molecule has 1 N–H and O–H groups in total. The summed E-state index contributed by atoms with van der Waals surface area (Å²) in [6.07, 6.45) is 7.98. The van der Waals surface area contributed by atoms with E-state index in [9.17, 15) is 0 Å². The summed E-state index contributed by atoms with van der Waals surface area (Å²) >= 11 is 1.83. The van der Waals surface area contributed by atoms with Gasteiger partial charge in [-0.25, -0.2) is 4.98 Å². The van der Waals surface area contributed by atoms with Gasteiger partial charge in [0.2, 0.25) is 0 Å². The average molecular weight is 295 g/mol. The van der Waals surface area contributed by atoms with Gasteiger partial charge in [0.1, 0.15) is 0 Å². The van der Waals surface area contributed by atoms with Crippen LogP contribution >= 0.6 is 11.3 Å². The molecule has 1 saturated carbocycles. The third kappa shape index (κ3) is 3.62. The van der Waals surface area contributed by atoms with E-state index < -0.39 is 0 Å². The van der Waals surface area contributed by atoms with E-state index in [1.807, 2.05) is 11.3 Å². The molecule has 2 rings (SSSR count). The fourth-order valence-corrected chi connectivity index (χ4v) is 4.40. The molecule has 1 aromatic heterocycles. The van der Waals surface area contributed by atoms with Crippen molar-refractivity contribution in [1.29, 1.82) is 0 Å². The molecule has 1 aliphatic carbocycles. The minimum Gasteiger partial charge on any atom is -0.316 e. The van der Waals surface area contributed by atoms with Crippen LogP contribution in [0.15, 0.2) is 5.38 Å². The number of nitrogens with one attached hydrogen (secondary N) is 1. The Morgan fingerprint density at radius 3 is 2.45 bits per heavy atom. The van der Waals surface area contributed by atoms with Crippen molar-refractivity contribution in [2.75, 3.05) is 7.05 Å². The Hall–Kier alpha value is -0.410. The number of nitrogens with zero attached hydrogens (tertiary/aromatic N) is 1. The van der Waals surface area contributed by atoms with E-state index in [1.54, 1.807) is 0 Å². The first-order valence-electron chi connectivity index (χ1n) is 7.97. The number of thiazole rings is 1. The molecule has 2 nitrogen and oxygen atoms in total. The monoisotopic (exact) mass is 294 g/mol. The van der Waals surface area contributed by atoms with E-state index in [-0.39, 0.29) is 5.41 Å². The number of hydrogen-bond donors (Lipinski definition) is 1. The fourth-order valence-electron chi connectivity index (χ4n) is 3.33. The highest BCUT2D eigenvalue weighted by Crippen LogP contribution is 2.40. The quantitative estimate of drug-likeness (QED) is 0.881. The zero-order valence-electron chi connectivity index (χ0n) is 13.8. The molecule has 1 heterocycles. The van der Waals surface area contributed by atoms with E-state index in [0.717, 1.165) is 6.42 Å². The summed E-state index contributed by atoms with van der Waals surface area (Å²) < 4.78 is 0. The molecule has 1 unspecified atom stereocenters. The Morgan fingerprint density at radius 1 is 1.30 bits per heavy atom. The second-order valence-electron chi connectivity index (χ2n) is 7.64. The Bertz CT molecular complexity index is 424. The third-order valence-electron chi connectivity index (χ3n) is 4.88. The molecule has 1 fully saturated rings. The van der Waals surface area contributed by atoms with Crippen molar-refractivity contribution in [1.82, 2.24) is 10.3 Å². The van der Waals surface area contributed by atoms with E-state index in [1.165, 1.54) is 42.8 Å². The van der Waals surface area contributed by atoms with Crippen molar-refractivity contribution in [3.05, 3.63) is 16.1 Å². The molecule has 3 heteroatoms. The second-order valence-corrected chi connectivity index (χ2v) is 8.58. The van der Waals surface area contributed by atoms with Crippen molar-refractivity contribution in [2.24, 2.45) is 5.41 Å². The number of rotatable bonds is 4. The predicted octanol–water partition coefficient (Wildman–Crippen LogP) is 4.54. The molecule has 1 atom stereocenters. The molecule has 0 aromatic carbocycles. The van der Waals surface area contributed by atoms with Crippen LogP contribution in [0, 0.1) is 5.41 Å². The molecule has 0 bridgehead atoms. The first kappa shape index (κ1) is 16.0. The molecule has 1 aliphatic rings. The van der Waals surface area contributed by atoms with Gasteiger partial charge in [-0.2, -0.15) is 0 Å². The molecule has 0 spiro atoms. The first-order chi connectivity index (χ1) is 9.35. The van der Waals surface area contributed by atoms with Crippen LogP contribution in [0.4, 0.5) is 0 Å². The van der Waals surface area contributed by atoms with Crippen molar-refractivity contribution >= 4 is 11.3 Å². The second kappa shape index (κ2) is 6.15. The topological polar surface area (TPSA) is 24.9 Å². The highest BCUT2D eigenvalue weighted by molar-refractivity contribution is 7.09. The summed E-state index contributed by atoms with van der Waals surface area (Å²) in [5.74, 6) is 0. The van der Waals surface area contributed by atoms with Crippen LogP contribution in [0.5, 0.6) is 0 Å². The molecule has 0 saturated heterocycles. The number of hydrogen-bond acceptors (Lipinski definition) is 3. The average Bonchev–Trinajstić information content (AvgIpc) is 2.85. The number of likely N-dealkylation sites (N-methyl/N-ethyl adjacent to an activating group) is 1. The predicted molar refractivity (Wildman–Crippen MR) is 88.6 cm³/mol. The summed E-state index contributed by atoms with van der Waals surface area (Å²) in [4.78, 5) is 4.87. The summed E-state index contributed by atoms with van der Waals surface area (Å²) in [5.41, 5.74) is 1.85. The lowest BCUT2D eigenvalue weighted by molar-refractivity contribution is 0.149. The third-order valence-corrected chi connectivity index (χ3v) is 5.76. The van der Waals surface area contributed by atoms with E-state index in [2.05, 4.69) is 45.4 Å². The van der Waals surface area contributed by atoms with Gasteiger partial charge in [0.15, 0.2) is 0 Å². The van der Waals surface area contributed by atoms with Gasteiger partial charge < -0.3 is 5.32 Å². The Morgan fingerprint density at radius 2 is 1.95 bits per heavy atom. The Labute approximate surface area is 128 Å². The van der Waals surface area contributed by atoms with Crippen LogP contribution in [0.3, 0.4) is 0 Å². The zero-order chi connectivity index (χ0) is 14.8. The summed E-state index contributed by atoms with van der Waals surface area (Å²) in [7, 11) is 2.11. The largest absolute Gasteiger partial charge is 0.316 e. The minimum atomic E-state index is 0.165. The first-order valence-corrected chi connectivity index (χ1v) is 8.85. The maximum absolute atomic E-state index is 4.87. The van der Waals surface area contributed by atoms with E-state index in [4.69, 9.17) is 4.98 Å². The smallest absolute Gasteiger partial charge is 0.0944 e. The summed E-state index contributed by atoms with van der Waals surface area (Å²) in [6, 6.07) is 0.557. The van der Waals surface area contributed by atoms with E-state index >= 15 is 0 Å². The molecule has 20 heavy (non-hydrogen) atoms. The van der Waals surface area contributed by atoms with Crippen LogP contribution in [0.2, 0.25) is 0 Å². The highest BCUT2D eigenvalue weighted by Gasteiger charge is 2.35. The number of aromatic nitrogens is 1. The Kier molecular flexibility index (Phi) is 4.91. The van der Waals surface area contributed by atoms with Gasteiger partial charge in [-0.3, -0.25) is 0 Å². The van der Waals surface area contributed by atoms with Crippen molar-refractivity contribution in [3.8, 4) is 0 Å². The summed E-state index contributed by atoms with van der Waals surface area (Å²) in [6.45, 7) is 9.18. The standard InChI is InChI=1S/C17H30N2S/c1-16(2,3)14-12-20-15(19-14)11-13(18-5)17(4)9-7-6-8-10-17/h12-13,18H,6-11H2,1-5H3. The lowest BCUT2D eigenvalue weighted by Crippen LogP contribution is -2.44. The maximum Gasteiger partial charge on any atom is 0.0944 e. The van der Waals surface area contributed by atoms with Crippen molar-refractivity contribution in [3.63, 3.8) is 0 Å². The van der Waals surface area contributed by atoms with Gasteiger partial charge in [-0.15, -0.1) is 11.3 Å². The van der Waals surface area contributed by atoms with Crippen LogP contribution in [-0.2, 0) is 11.8 Å². The van der Waals surface area contributed by atoms with Crippen LogP contribution in [0.1, 0.15) is 70.5 Å². The molecule has 1 aromatic rings. The molecular weight excluding hydrogens is 264 g/mol. The SMILES string of the molecule is CNC(Cc1nc(C(C)(C)C)cs1)C1(C)CCCCC1. The summed E-state index contributed by atoms with van der Waals surface area (Å²) in [5, 5.41) is 7.11. The van der Waals surface area contributed by atoms with Crippen molar-refractivity contribution in [2.45, 2.75) is 77.7 Å². The van der Waals surface area contributed by atoms with Crippen LogP contribution in [0.25, 0.3) is 0 Å². The van der Waals surface area contributed by atoms with Gasteiger partial charge in [-0.1, -0.05) is 47.0 Å². The normalized spacial score (nSPS) is 20.9. The van der Waals surface area contributed by atoms with Gasteiger partial charge in [-0.05, 0) is 25.3 Å². The van der Waals surface area contributed by atoms with Crippen molar-refractivity contribution < 1.29 is 0 Å². The fraction of sp³-hybridized carbons (Fsp3) is 0.824.